The normalized spacial score (nSPS) is 14.8. The Hall–Kier alpha value is -0.290. The van der Waals surface area contributed by atoms with Crippen LogP contribution in [0, 0.1) is 0 Å². The van der Waals surface area contributed by atoms with Gasteiger partial charge in [-0.2, -0.15) is 13.2 Å². The largest absolute Gasteiger partial charge is 0.401 e. The molecule has 2 N–H and O–H groups in total. The van der Waals surface area contributed by atoms with Crippen molar-refractivity contribution in [1.82, 2.24) is 5.32 Å². The first-order valence-electron chi connectivity index (χ1n) is 3.91. The second kappa shape index (κ2) is 5.37. The summed E-state index contributed by atoms with van der Waals surface area (Å²) in [6.45, 7) is 1.01. The second-order valence-electron chi connectivity index (χ2n) is 2.64. The zero-order valence-corrected chi connectivity index (χ0v) is 6.99. The molecule has 0 aromatic rings. The molecule has 1 unspecified atom stereocenters. The van der Waals surface area contributed by atoms with E-state index in [0.29, 0.717) is 12.8 Å². The molecule has 5 heteroatoms. The third-order valence-electron chi connectivity index (χ3n) is 1.45. The smallest absolute Gasteiger partial charge is 0.393 e. The number of nitrogens with one attached hydrogen (secondary N) is 1. The van der Waals surface area contributed by atoms with Crippen molar-refractivity contribution in [3.05, 3.63) is 0 Å². The molecule has 0 saturated carbocycles. The van der Waals surface area contributed by atoms with Gasteiger partial charge in [0.15, 0.2) is 0 Å². The Morgan fingerprint density at radius 3 is 2.42 bits per heavy atom. The molecule has 0 saturated heterocycles. The molecule has 0 aliphatic heterocycles. The predicted molar refractivity (Wildman–Crippen MR) is 39.8 cm³/mol. The summed E-state index contributed by atoms with van der Waals surface area (Å²) in [7, 11) is 0. The van der Waals surface area contributed by atoms with Crippen LogP contribution in [0.2, 0.25) is 0 Å². The van der Waals surface area contributed by atoms with Crippen molar-refractivity contribution in [2.24, 2.45) is 0 Å². The molecule has 0 bridgehead atoms. The first-order valence-corrected chi connectivity index (χ1v) is 3.91. The lowest BCUT2D eigenvalue weighted by Gasteiger charge is -2.10. The molecule has 0 aromatic heterocycles. The molecule has 0 aliphatic carbocycles. The van der Waals surface area contributed by atoms with E-state index in [1.165, 1.54) is 0 Å². The van der Waals surface area contributed by atoms with Crippen LogP contribution in [-0.4, -0.2) is 30.5 Å². The van der Waals surface area contributed by atoms with Gasteiger partial charge in [-0.05, 0) is 19.4 Å². The molecule has 0 aromatic carbocycles. The lowest BCUT2D eigenvalue weighted by atomic mass is 10.2. The van der Waals surface area contributed by atoms with Crippen molar-refractivity contribution in [3.63, 3.8) is 0 Å². The zero-order valence-electron chi connectivity index (χ0n) is 6.99. The number of halogens is 3. The predicted octanol–water partition coefficient (Wildman–Crippen LogP) is 1.30. The van der Waals surface area contributed by atoms with Crippen LogP contribution in [-0.2, 0) is 0 Å². The highest BCUT2D eigenvalue weighted by molar-refractivity contribution is 4.59. The molecular formula is C7H14F3NO. The molecule has 0 spiro atoms. The lowest BCUT2D eigenvalue weighted by Crippen LogP contribution is -2.30. The van der Waals surface area contributed by atoms with Gasteiger partial charge in [-0.25, -0.2) is 0 Å². The minimum Gasteiger partial charge on any atom is -0.393 e. The molecule has 2 nitrogen and oxygen atoms in total. The van der Waals surface area contributed by atoms with Crippen molar-refractivity contribution >= 4 is 0 Å². The monoisotopic (exact) mass is 185 g/mol. The van der Waals surface area contributed by atoms with Crippen LogP contribution in [0.1, 0.15) is 19.8 Å². The van der Waals surface area contributed by atoms with Gasteiger partial charge in [0, 0.05) is 0 Å². The number of alkyl halides is 3. The Morgan fingerprint density at radius 1 is 1.42 bits per heavy atom. The summed E-state index contributed by atoms with van der Waals surface area (Å²) in [4.78, 5) is 0. The fourth-order valence-electron chi connectivity index (χ4n) is 0.703. The number of hydrogen-bond acceptors (Lipinski definition) is 2. The summed E-state index contributed by atoms with van der Waals surface area (Å²) in [6, 6.07) is 0. The summed E-state index contributed by atoms with van der Waals surface area (Å²) in [5, 5.41) is 11.2. The average Bonchev–Trinajstić information content (AvgIpc) is 1.96. The highest BCUT2D eigenvalue weighted by Gasteiger charge is 2.25. The topological polar surface area (TPSA) is 32.3 Å². The zero-order chi connectivity index (χ0) is 9.61. The van der Waals surface area contributed by atoms with Gasteiger partial charge in [0.2, 0.25) is 0 Å². The van der Waals surface area contributed by atoms with Crippen molar-refractivity contribution in [2.45, 2.75) is 32.0 Å². The molecule has 0 radical (unpaired) electrons. The number of aliphatic hydroxyl groups excluding tert-OH is 1. The van der Waals surface area contributed by atoms with E-state index < -0.39 is 18.8 Å². The van der Waals surface area contributed by atoms with E-state index in [2.05, 4.69) is 5.32 Å². The minimum absolute atomic E-state index is 0.203. The van der Waals surface area contributed by atoms with Crippen LogP contribution in [0.5, 0.6) is 0 Å². The van der Waals surface area contributed by atoms with Crippen LogP contribution < -0.4 is 5.32 Å². The lowest BCUT2D eigenvalue weighted by molar-refractivity contribution is -0.124. The van der Waals surface area contributed by atoms with E-state index in [1.54, 1.807) is 6.92 Å². The van der Waals surface area contributed by atoms with Crippen molar-refractivity contribution in [3.8, 4) is 0 Å². The number of aliphatic hydroxyl groups is 1. The first kappa shape index (κ1) is 11.7. The Kier molecular flexibility index (Phi) is 5.24. The molecule has 12 heavy (non-hydrogen) atoms. The van der Waals surface area contributed by atoms with Crippen molar-refractivity contribution in [1.29, 1.82) is 0 Å². The highest BCUT2D eigenvalue weighted by Crippen LogP contribution is 2.12. The van der Waals surface area contributed by atoms with E-state index >= 15 is 0 Å². The molecule has 74 valence electrons. The standard InChI is InChI=1S/C7H14F3NO/c1-2-6(12)3-4-11-5-7(8,9)10/h6,11-12H,2-5H2,1H3. The molecule has 1 atom stereocenters. The molecule has 0 amide bonds. The van der Waals surface area contributed by atoms with Crippen LogP contribution in [0.3, 0.4) is 0 Å². The van der Waals surface area contributed by atoms with E-state index in [9.17, 15) is 13.2 Å². The maximum absolute atomic E-state index is 11.5. The van der Waals surface area contributed by atoms with E-state index in [-0.39, 0.29) is 6.54 Å². The summed E-state index contributed by atoms with van der Waals surface area (Å²) in [5.41, 5.74) is 0. The molecule has 0 aliphatic rings. The number of rotatable bonds is 5. The highest BCUT2D eigenvalue weighted by atomic mass is 19.4. The molecule has 0 heterocycles. The minimum atomic E-state index is -4.16. The maximum Gasteiger partial charge on any atom is 0.401 e. The van der Waals surface area contributed by atoms with Gasteiger partial charge >= 0.3 is 6.18 Å². The van der Waals surface area contributed by atoms with Gasteiger partial charge in [-0.1, -0.05) is 6.92 Å². The second-order valence-corrected chi connectivity index (χ2v) is 2.64. The van der Waals surface area contributed by atoms with Crippen LogP contribution in [0.4, 0.5) is 13.2 Å². The number of hydrogen-bond donors (Lipinski definition) is 2. The van der Waals surface area contributed by atoms with Crippen LogP contribution in [0.15, 0.2) is 0 Å². The summed E-state index contributed by atoms with van der Waals surface area (Å²) in [5.74, 6) is 0. The SMILES string of the molecule is CCC(O)CCNCC(F)(F)F. The Labute approximate surface area is 69.8 Å². The van der Waals surface area contributed by atoms with Gasteiger partial charge in [-0.3, -0.25) is 0 Å². The van der Waals surface area contributed by atoms with Gasteiger partial charge in [0.1, 0.15) is 0 Å². The fourth-order valence-corrected chi connectivity index (χ4v) is 0.703. The molecule has 0 fully saturated rings. The van der Waals surface area contributed by atoms with Crippen molar-refractivity contribution in [2.75, 3.05) is 13.1 Å². The average molecular weight is 185 g/mol. The van der Waals surface area contributed by atoms with E-state index in [1.807, 2.05) is 0 Å². The summed E-state index contributed by atoms with van der Waals surface area (Å²) < 4.78 is 34.6. The third-order valence-corrected chi connectivity index (χ3v) is 1.45. The Morgan fingerprint density at radius 2 is 2.00 bits per heavy atom. The Bertz CT molecular complexity index is 116. The maximum atomic E-state index is 11.5. The van der Waals surface area contributed by atoms with Crippen molar-refractivity contribution < 1.29 is 18.3 Å². The quantitative estimate of drug-likeness (QED) is 0.633. The van der Waals surface area contributed by atoms with Gasteiger partial charge in [0.05, 0.1) is 12.6 Å². The molecule has 0 rings (SSSR count). The van der Waals surface area contributed by atoms with Crippen LogP contribution >= 0.6 is 0 Å². The summed E-state index contributed by atoms with van der Waals surface area (Å²) in [6.07, 6.45) is -3.71. The third kappa shape index (κ3) is 7.81. The molecular weight excluding hydrogens is 171 g/mol. The van der Waals surface area contributed by atoms with Gasteiger partial charge in [0.25, 0.3) is 0 Å². The van der Waals surface area contributed by atoms with Gasteiger partial charge < -0.3 is 10.4 Å². The van der Waals surface area contributed by atoms with E-state index in [4.69, 9.17) is 5.11 Å². The summed E-state index contributed by atoms with van der Waals surface area (Å²) >= 11 is 0. The van der Waals surface area contributed by atoms with E-state index in [0.717, 1.165) is 0 Å². The first-order chi connectivity index (χ1) is 5.45. The van der Waals surface area contributed by atoms with Crippen LogP contribution in [0.25, 0.3) is 0 Å². The Balaban J connectivity index is 3.22. The fraction of sp³-hybridized carbons (Fsp3) is 1.00. The van der Waals surface area contributed by atoms with Gasteiger partial charge in [-0.15, -0.1) is 0 Å².